The number of imide groups is 1. The molecule has 2 amide bonds. The highest BCUT2D eigenvalue weighted by molar-refractivity contribution is 8.06. The fraction of sp³-hybridized carbons (Fsp3) is 0.500. The molecule has 0 aromatic rings. The maximum atomic E-state index is 12.0. The Morgan fingerprint density at radius 1 is 1.08 bits per heavy atom. The summed E-state index contributed by atoms with van der Waals surface area (Å²) in [5, 5.41) is -0.891. The molecule has 1 saturated heterocycles. The van der Waals surface area contributed by atoms with Crippen molar-refractivity contribution in [2.45, 2.75) is 17.4 Å². The number of carbonyl (C=O) groups is 3. The number of hydrogen-bond acceptors (Lipinski definition) is 10. The molecule has 1 rings (SSSR count). The normalized spacial score (nSPS) is 19.0. The molecule has 138 valence electrons. The molecule has 15 nitrogen and oxygen atoms in total. The van der Waals surface area contributed by atoms with Crippen molar-refractivity contribution in [2.75, 3.05) is 0 Å². The van der Waals surface area contributed by atoms with Crippen LogP contribution in [0.5, 0.6) is 0 Å². The van der Waals surface area contributed by atoms with Gasteiger partial charge in [0.1, 0.15) is 4.58 Å². The molecule has 0 aromatic carbocycles. The minimum Gasteiger partial charge on any atom is -0.330 e. The number of hydrogen-bond donors (Lipinski definition) is 3. The Bertz CT molecular complexity index is 881. The fourth-order valence-electron chi connectivity index (χ4n) is 1.63. The molecule has 0 radical (unpaired) electrons. The lowest BCUT2D eigenvalue weighted by Crippen LogP contribution is -2.56. The lowest BCUT2D eigenvalue weighted by atomic mass is 10.3. The Balaban J connectivity index is 3.70. The van der Waals surface area contributed by atoms with Gasteiger partial charge in [-0.3, -0.25) is 28.0 Å². The van der Waals surface area contributed by atoms with Crippen molar-refractivity contribution in [2.24, 2.45) is 0 Å². The van der Waals surface area contributed by atoms with Crippen LogP contribution in [-0.4, -0.2) is 70.4 Å². The molecule has 0 spiro atoms. The van der Waals surface area contributed by atoms with Crippen LogP contribution in [0.15, 0.2) is 0 Å². The lowest BCUT2D eigenvalue weighted by molar-refractivity contribution is -0.214. The third-order valence-corrected chi connectivity index (χ3v) is 6.74. The van der Waals surface area contributed by atoms with Crippen LogP contribution in [-0.2, 0) is 49.8 Å². The third kappa shape index (κ3) is 3.11. The summed E-state index contributed by atoms with van der Waals surface area (Å²) in [6.07, 6.45) is -1.96. The molecule has 1 aliphatic rings. The Kier molecular flexibility index (Phi) is 4.82. The molecular formula is C6H8N2O13S3. The van der Waals surface area contributed by atoms with E-state index < -0.39 is 68.4 Å². The first-order valence-electron chi connectivity index (χ1n) is 5.24. The van der Waals surface area contributed by atoms with Gasteiger partial charge >= 0.3 is 20.4 Å². The van der Waals surface area contributed by atoms with E-state index in [2.05, 4.69) is 4.84 Å². The molecule has 18 heteroatoms. The van der Waals surface area contributed by atoms with Crippen molar-refractivity contribution in [3.63, 3.8) is 0 Å². The summed E-state index contributed by atoms with van der Waals surface area (Å²) in [6, 6.07) is 0. The van der Waals surface area contributed by atoms with E-state index in [4.69, 9.17) is 13.7 Å². The predicted molar refractivity (Wildman–Crippen MR) is 67.5 cm³/mol. The van der Waals surface area contributed by atoms with Crippen LogP contribution in [0.1, 0.15) is 13.3 Å². The van der Waals surface area contributed by atoms with Gasteiger partial charge in [-0.1, -0.05) is 0 Å². The van der Waals surface area contributed by atoms with E-state index in [0.29, 0.717) is 6.92 Å². The lowest BCUT2D eigenvalue weighted by Gasteiger charge is -2.25. The summed E-state index contributed by atoms with van der Waals surface area (Å²) in [5.41, 5.74) is 0. The van der Waals surface area contributed by atoms with Gasteiger partial charge in [0.25, 0.3) is 32.1 Å². The van der Waals surface area contributed by atoms with Gasteiger partial charge in [0.2, 0.25) is 0 Å². The van der Waals surface area contributed by atoms with Crippen LogP contribution >= 0.6 is 0 Å². The van der Waals surface area contributed by atoms with Crippen molar-refractivity contribution in [1.29, 1.82) is 0 Å². The quantitative estimate of drug-likeness (QED) is 0.229. The Morgan fingerprint density at radius 3 is 1.75 bits per heavy atom. The van der Waals surface area contributed by atoms with E-state index in [-0.39, 0.29) is 0 Å². The molecular weight excluding hydrogens is 404 g/mol. The van der Waals surface area contributed by atoms with Crippen molar-refractivity contribution >= 4 is 48.3 Å². The van der Waals surface area contributed by atoms with Gasteiger partial charge in [0.15, 0.2) is 0 Å². The van der Waals surface area contributed by atoms with Gasteiger partial charge in [0, 0.05) is 6.92 Å². The van der Waals surface area contributed by atoms with Gasteiger partial charge in [0.05, 0.1) is 6.42 Å². The van der Waals surface area contributed by atoms with Crippen LogP contribution in [0.2, 0.25) is 0 Å². The monoisotopic (exact) mass is 412 g/mol. The smallest absolute Gasteiger partial charge is 0.330 e. The van der Waals surface area contributed by atoms with E-state index >= 15 is 0 Å². The molecule has 24 heavy (non-hydrogen) atoms. The van der Waals surface area contributed by atoms with Crippen LogP contribution in [0, 0.1) is 0 Å². The summed E-state index contributed by atoms with van der Waals surface area (Å²) in [7, 11) is -17.8. The first-order chi connectivity index (χ1) is 10.5. The number of rotatable bonds is 5. The van der Waals surface area contributed by atoms with Gasteiger partial charge in [-0.05, 0) is 0 Å². The first kappa shape index (κ1) is 20.3. The summed E-state index contributed by atoms with van der Waals surface area (Å²) in [4.78, 5) is 38.4. The highest BCUT2D eigenvalue weighted by Gasteiger charge is 2.71. The molecule has 0 atom stereocenters. The summed E-state index contributed by atoms with van der Waals surface area (Å²) < 4.78 is 88.8. The third-order valence-electron chi connectivity index (χ3n) is 2.54. The topological polar surface area (TPSA) is 230 Å². The molecule has 0 saturated carbocycles. The predicted octanol–water partition coefficient (Wildman–Crippen LogP) is -3.28. The van der Waals surface area contributed by atoms with Crippen molar-refractivity contribution in [1.82, 2.24) is 9.59 Å². The fourth-order valence-corrected chi connectivity index (χ4v) is 4.49. The maximum absolute atomic E-state index is 12.0. The van der Waals surface area contributed by atoms with Crippen molar-refractivity contribution < 1.29 is 58.1 Å². The largest absolute Gasteiger partial charge is 0.387 e. The molecule has 1 fully saturated rings. The van der Waals surface area contributed by atoms with Gasteiger partial charge in [-0.25, -0.2) is 0 Å². The van der Waals surface area contributed by atoms with Crippen molar-refractivity contribution in [3.05, 3.63) is 0 Å². The second-order valence-corrected chi connectivity index (χ2v) is 8.92. The molecule has 1 heterocycles. The average Bonchev–Trinajstić information content (AvgIpc) is 2.56. The minimum absolute atomic E-state index is 0.544. The van der Waals surface area contributed by atoms with Crippen LogP contribution in [0.4, 0.5) is 0 Å². The second-order valence-electron chi connectivity index (χ2n) is 4.16. The van der Waals surface area contributed by atoms with Gasteiger partial charge < -0.3 is 4.84 Å². The number of nitrogens with zero attached hydrogens (tertiary/aromatic N) is 2. The minimum atomic E-state index is -6.04. The standard InChI is InChI=1S/C6H8N2O13S3/c1-3(9)21-8(24(18,19)20)7-4(10)2-6(5(7)11,22(12,13)14)23(15,16)17/h2H2,1H3,(H,12,13,14)(H,15,16,17)(H,18,19,20). The zero-order valence-corrected chi connectivity index (χ0v) is 13.7. The van der Waals surface area contributed by atoms with Crippen molar-refractivity contribution in [3.8, 4) is 0 Å². The highest BCUT2D eigenvalue weighted by Crippen LogP contribution is 2.37. The first-order valence-corrected chi connectivity index (χ1v) is 9.52. The van der Waals surface area contributed by atoms with Crippen LogP contribution in [0.25, 0.3) is 0 Å². The number of hydrazine groups is 1. The molecule has 0 bridgehead atoms. The Labute approximate surface area is 134 Å². The van der Waals surface area contributed by atoms with Crippen LogP contribution in [0.3, 0.4) is 0 Å². The summed E-state index contributed by atoms with van der Waals surface area (Å²) >= 11 is 0. The summed E-state index contributed by atoms with van der Waals surface area (Å²) in [5.74, 6) is -6.03. The second kappa shape index (κ2) is 5.68. The SMILES string of the molecule is CC(=O)ON(N1C(=O)CC(S(=O)(=O)O)(S(=O)(=O)O)C1=O)S(=O)(=O)O. The van der Waals surface area contributed by atoms with Crippen LogP contribution < -0.4 is 0 Å². The van der Waals surface area contributed by atoms with E-state index in [0.717, 1.165) is 0 Å². The highest BCUT2D eigenvalue weighted by atomic mass is 32.3. The zero-order chi connectivity index (χ0) is 19.3. The van der Waals surface area contributed by atoms with E-state index in [1.165, 1.54) is 0 Å². The molecule has 3 N–H and O–H groups in total. The molecule has 0 aliphatic carbocycles. The maximum Gasteiger partial charge on any atom is 0.387 e. The molecule has 0 unspecified atom stereocenters. The Hall–Kier alpha value is -1.70. The van der Waals surface area contributed by atoms with Gasteiger partial charge in [-0.2, -0.15) is 30.3 Å². The summed E-state index contributed by atoms with van der Waals surface area (Å²) in [6.45, 7) is 0.544. The van der Waals surface area contributed by atoms with Gasteiger partial charge in [-0.15, -0.1) is 0 Å². The molecule has 0 aromatic heterocycles. The number of carbonyl (C=O) groups excluding carboxylic acids is 3. The zero-order valence-electron chi connectivity index (χ0n) is 11.3. The molecule has 1 aliphatic heterocycles. The average molecular weight is 412 g/mol. The van der Waals surface area contributed by atoms with E-state index in [9.17, 15) is 39.6 Å². The Morgan fingerprint density at radius 2 is 1.50 bits per heavy atom. The van der Waals surface area contributed by atoms with E-state index in [1.54, 1.807) is 0 Å². The number of amides is 2. The van der Waals surface area contributed by atoms with E-state index in [1.807, 2.05) is 0 Å².